The molecule has 0 heterocycles. The van der Waals surface area contributed by atoms with Crippen molar-refractivity contribution in [3.05, 3.63) is 77.3 Å². The molecule has 0 unspecified atom stereocenters. The molecule has 0 aliphatic heterocycles. The molecule has 3 N–H and O–H groups in total. The molecule has 0 aromatic heterocycles. The van der Waals surface area contributed by atoms with Crippen molar-refractivity contribution in [2.24, 2.45) is 10.9 Å². The zero-order valence-corrected chi connectivity index (χ0v) is 14.7. The highest BCUT2D eigenvalue weighted by molar-refractivity contribution is 6.33. The second kappa shape index (κ2) is 8.36. The standard InChI is InChI=1S/C20H18ClN3O2/c21-17-10-3-4-11-18(17)23-20(25)12-19(22)24-26-13-15-8-5-7-14-6-1-2-9-16(14)15/h1-11H,12-13H2,(H2,22,24)(H,23,25). The van der Waals surface area contributed by atoms with Crippen molar-refractivity contribution in [3.8, 4) is 0 Å². The number of amidine groups is 1. The SMILES string of the molecule is N/C(CC(=O)Nc1ccccc1Cl)=N/OCc1cccc2ccccc12. The molecule has 0 fully saturated rings. The molecule has 0 radical (unpaired) electrons. The zero-order chi connectivity index (χ0) is 18.4. The van der Waals surface area contributed by atoms with Gasteiger partial charge < -0.3 is 15.9 Å². The zero-order valence-electron chi connectivity index (χ0n) is 14.0. The molecule has 132 valence electrons. The van der Waals surface area contributed by atoms with Gasteiger partial charge in [-0.2, -0.15) is 0 Å². The summed E-state index contributed by atoms with van der Waals surface area (Å²) in [5.74, 6) is -0.220. The summed E-state index contributed by atoms with van der Waals surface area (Å²) >= 11 is 6.00. The third-order valence-electron chi connectivity index (χ3n) is 3.77. The van der Waals surface area contributed by atoms with E-state index in [1.807, 2.05) is 42.5 Å². The predicted octanol–water partition coefficient (Wildman–Crippen LogP) is 4.31. The first-order chi connectivity index (χ1) is 12.6. The molecule has 1 amide bonds. The first-order valence-corrected chi connectivity index (χ1v) is 8.46. The number of nitrogens with zero attached hydrogens (tertiary/aromatic N) is 1. The molecule has 3 rings (SSSR count). The number of rotatable bonds is 6. The van der Waals surface area contributed by atoms with Gasteiger partial charge in [-0.25, -0.2) is 0 Å². The van der Waals surface area contributed by atoms with Crippen LogP contribution in [0.1, 0.15) is 12.0 Å². The fourth-order valence-corrected chi connectivity index (χ4v) is 2.74. The lowest BCUT2D eigenvalue weighted by Crippen LogP contribution is -2.22. The summed E-state index contributed by atoms with van der Waals surface area (Å²) < 4.78 is 0. The van der Waals surface area contributed by atoms with Crippen LogP contribution in [-0.2, 0) is 16.2 Å². The molecule has 6 heteroatoms. The van der Waals surface area contributed by atoms with Gasteiger partial charge in [0.2, 0.25) is 5.91 Å². The second-order valence-electron chi connectivity index (χ2n) is 5.70. The number of halogens is 1. The van der Waals surface area contributed by atoms with E-state index in [9.17, 15) is 4.79 Å². The van der Waals surface area contributed by atoms with Gasteiger partial charge in [-0.1, -0.05) is 71.4 Å². The number of para-hydroxylation sites is 1. The summed E-state index contributed by atoms with van der Waals surface area (Å²) in [7, 11) is 0. The number of nitrogens with one attached hydrogen (secondary N) is 1. The molecule has 0 saturated carbocycles. The van der Waals surface area contributed by atoms with Crippen molar-refractivity contribution in [1.82, 2.24) is 0 Å². The average Bonchev–Trinajstić information content (AvgIpc) is 2.64. The lowest BCUT2D eigenvalue weighted by molar-refractivity contribution is -0.115. The van der Waals surface area contributed by atoms with E-state index in [1.54, 1.807) is 24.3 Å². The van der Waals surface area contributed by atoms with Crippen molar-refractivity contribution in [2.45, 2.75) is 13.0 Å². The summed E-state index contributed by atoms with van der Waals surface area (Å²) in [6, 6.07) is 21.0. The van der Waals surface area contributed by atoms with Crippen LogP contribution < -0.4 is 11.1 Å². The Morgan fingerprint density at radius 1 is 1.04 bits per heavy atom. The number of carbonyl (C=O) groups excluding carboxylic acids is 1. The molecule has 3 aromatic rings. The van der Waals surface area contributed by atoms with E-state index >= 15 is 0 Å². The monoisotopic (exact) mass is 367 g/mol. The van der Waals surface area contributed by atoms with Crippen LogP contribution in [0.5, 0.6) is 0 Å². The first-order valence-electron chi connectivity index (χ1n) is 8.09. The van der Waals surface area contributed by atoms with E-state index in [4.69, 9.17) is 22.2 Å². The number of nitrogens with two attached hydrogens (primary N) is 1. The van der Waals surface area contributed by atoms with Crippen LogP contribution >= 0.6 is 11.6 Å². The van der Waals surface area contributed by atoms with Gasteiger partial charge in [-0.15, -0.1) is 0 Å². The Hall–Kier alpha value is -3.05. The van der Waals surface area contributed by atoms with Crippen LogP contribution in [0.15, 0.2) is 71.9 Å². The Bertz CT molecular complexity index is 951. The molecule has 5 nitrogen and oxygen atoms in total. The van der Waals surface area contributed by atoms with Gasteiger partial charge in [0.15, 0.2) is 0 Å². The Labute approximate surface area is 156 Å². The lowest BCUT2D eigenvalue weighted by atomic mass is 10.1. The van der Waals surface area contributed by atoms with Crippen molar-refractivity contribution in [3.63, 3.8) is 0 Å². The Kier molecular flexibility index (Phi) is 5.71. The average molecular weight is 368 g/mol. The summed E-state index contributed by atoms with van der Waals surface area (Å²) in [6.07, 6.45) is -0.0826. The smallest absolute Gasteiger partial charge is 0.232 e. The Morgan fingerprint density at radius 3 is 2.62 bits per heavy atom. The summed E-state index contributed by atoms with van der Waals surface area (Å²) in [5, 5.41) is 9.21. The van der Waals surface area contributed by atoms with Gasteiger partial charge in [0, 0.05) is 0 Å². The van der Waals surface area contributed by atoms with Gasteiger partial charge in [0.1, 0.15) is 12.4 Å². The molecule has 0 bridgehead atoms. The molecule has 0 saturated heterocycles. The van der Waals surface area contributed by atoms with Crippen LogP contribution in [0.25, 0.3) is 10.8 Å². The minimum atomic E-state index is -0.312. The maximum atomic E-state index is 12.0. The maximum Gasteiger partial charge on any atom is 0.232 e. The van der Waals surface area contributed by atoms with Gasteiger partial charge in [-0.3, -0.25) is 4.79 Å². The summed E-state index contributed by atoms with van der Waals surface area (Å²) in [4.78, 5) is 17.3. The minimum absolute atomic E-state index is 0.0826. The van der Waals surface area contributed by atoms with E-state index in [1.165, 1.54) is 0 Å². The highest BCUT2D eigenvalue weighted by atomic mass is 35.5. The quantitative estimate of drug-likeness (QED) is 0.387. The fourth-order valence-electron chi connectivity index (χ4n) is 2.56. The Balaban J connectivity index is 1.56. The minimum Gasteiger partial charge on any atom is -0.389 e. The van der Waals surface area contributed by atoms with Crippen molar-refractivity contribution < 1.29 is 9.63 Å². The third kappa shape index (κ3) is 4.52. The number of hydrogen-bond acceptors (Lipinski definition) is 3. The van der Waals surface area contributed by atoms with Gasteiger partial charge in [-0.05, 0) is 28.5 Å². The molecular weight excluding hydrogens is 350 g/mol. The largest absolute Gasteiger partial charge is 0.389 e. The molecule has 0 aliphatic carbocycles. The molecule has 0 aliphatic rings. The van der Waals surface area contributed by atoms with Crippen LogP contribution in [0.3, 0.4) is 0 Å². The van der Waals surface area contributed by atoms with Crippen LogP contribution in [0.4, 0.5) is 5.69 Å². The van der Waals surface area contributed by atoms with Crippen molar-refractivity contribution in [2.75, 3.05) is 5.32 Å². The van der Waals surface area contributed by atoms with Crippen molar-refractivity contribution >= 4 is 39.8 Å². The number of carbonyl (C=O) groups is 1. The number of benzene rings is 3. The second-order valence-corrected chi connectivity index (χ2v) is 6.11. The predicted molar refractivity (Wildman–Crippen MR) is 105 cm³/mol. The third-order valence-corrected chi connectivity index (χ3v) is 4.10. The molecular formula is C20H18ClN3O2. The van der Waals surface area contributed by atoms with Gasteiger partial charge in [0.25, 0.3) is 0 Å². The van der Waals surface area contributed by atoms with Crippen LogP contribution in [0.2, 0.25) is 5.02 Å². The number of amides is 1. The van der Waals surface area contributed by atoms with Gasteiger partial charge >= 0.3 is 0 Å². The normalized spacial score (nSPS) is 11.3. The van der Waals surface area contributed by atoms with Crippen LogP contribution in [-0.4, -0.2) is 11.7 Å². The topological polar surface area (TPSA) is 76.7 Å². The Morgan fingerprint density at radius 2 is 1.77 bits per heavy atom. The number of anilines is 1. The van der Waals surface area contributed by atoms with E-state index < -0.39 is 0 Å². The van der Waals surface area contributed by atoms with Crippen molar-refractivity contribution in [1.29, 1.82) is 0 Å². The first kappa shape index (κ1) is 17.8. The van der Waals surface area contributed by atoms with E-state index in [0.717, 1.165) is 16.3 Å². The fraction of sp³-hybridized carbons (Fsp3) is 0.100. The van der Waals surface area contributed by atoms with E-state index in [-0.39, 0.29) is 24.8 Å². The number of fused-ring (bicyclic) bond motifs is 1. The summed E-state index contributed by atoms with van der Waals surface area (Å²) in [6.45, 7) is 0.272. The number of hydrogen-bond donors (Lipinski definition) is 2. The van der Waals surface area contributed by atoms with Gasteiger partial charge in [0.05, 0.1) is 17.1 Å². The molecule has 0 atom stereocenters. The highest BCUT2D eigenvalue weighted by Gasteiger charge is 2.08. The maximum absolute atomic E-state index is 12.0. The van der Waals surface area contributed by atoms with E-state index in [0.29, 0.717) is 10.7 Å². The van der Waals surface area contributed by atoms with E-state index in [2.05, 4.69) is 10.5 Å². The van der Waals surface area contributed by atoms with Crippen LogP contribution in [0, 0.1) is 0 Å². The molecule has 3 aromatic carbocycles. The molecule has 0 spiro atoms. The molecule has 26 heavy (non-hydrogen) atoms. The lowest BCUT2D eigenvalue weighted by Gasteiger charge is -2.07. The number of oxime groups is 1. The summed E-state index contributed by atoms with van der Waals surface area (Å²) in [5.41, 5.74) is 7.31. The highest BCUT2D eigenvalue weighted by Crippen LogP contribution is 2.21.